The first-order valence-corrected chi connectivity index (χ1v) is 11.4. The Balaban J connectivity index is 1.84. The zero-order chi connectivity index (χ0) is 21.0. The summed E-state index contributed by atoms with van der Waals surface area (Å²) in [6.07, 6.45) is 1.93. The van der Waals surface area contributed by atoms with Crippen molar-refractivity contribution in [1.82, 2.24) is 0 Å². The fourth-order valence-electron chi connectivity index (χ4n) is 2.49. The standard InChI is InChI=1S/C20H17ClN2O4S2/c1-28-16-7-5-13(6-8-16)20(25)22-18-12-17(9-10-19(18)24)29(26,27)23-15-4-2-3-14(21)11-15/h2-12,23-24H,1H3,(H,22,25). The highest BCUT2D eigenvalue weighted by atomic mass is 35.5. The number of phenols is 1. The monoisotopic (exact) mass is 448 g/mol. The topological polar surface area (TPSA) is 95.5 Å². The molecule has 9 heteroatoms. The van der Waals surface area contributed by atoms with Crippen LogP contribution in [0.1, 0.15) is 10.4 Å². The largest absolute Gasteiger partial charge is 0.506 e. The third-order valence-corrected chi connectivity index (χ3v) is 6.31. The number of nitrogens with one attached hydrogen (secondary N) is 2. The Kier molecular flexibility index (Phi) is 6.36. The number of benzene rings is 3. The molecule has 0 heterocycles. The van der Waals surface area contributed by atoms with E-state index in [0.717, 1.165) is 4.90 Å². The second-order valence-electron chi connectivity index (χ2n) is 5.98. The van der Waals surface area contributed by atoms with Crippen LogP contribution >= 0.6 is 23.4 Å². The molecule has 0 spiro atoms. The van der Waals surface area contributed by atoms with E-state index in [4.69, 9.17) is 11.6 Å². The Labute approximate surface area is 178 Å². The van der Waals surface area contributed by atoms with Crippen molar-refractivity contribution in [2.75, 3.05) is 16.3 Å². The number of rotatable bonds is 6. The number of carbonyl (C=O) groups excluding carboxylic acids is 1. The Bertz CT molecular complexity index is 1150. The summed E-state index contributed by atoms with van der Waals surface area (Å²) in [6.45, 7) is 0. The number of phenolic OH excluding ortho intramolecular Hbond substituents is 1. The van der Waals surface area contributed by atoms with E-state index in [-0.39, 0.29) is 16.3 Å². The average molecular weight is 449 g/mol. The molecule has 0 atom stereocenters. The summed E-state index contributed by atoms with van der Waals surface area (Å²) in [4.78, 5) is 13.3. The molecule has 0 saturated heterocycles. The number of anilines is 2. The lowest BCUT2D eigenvalue weighted by Gasteiger charge is -2.12. The van der Waals surface area contributed by atoms with Gasteiger partial charge in [0.05, 0.1) is 16.3 Å². The van der Waals surface area contributed by atoms with Crippen LogP contribution in [0.25, 0.3) is 0 Å². The van der Waals surface area contributed by atoms with Crippen molar-refractivity contribution in [3.05, 3.63) is 77.3 Å². The molecule has 3 rings (SSSR count). The molecule has 0 unspecified atom stereocenters. The number of thioether (sulfide) groups is 1. The lowest BCUT2D eigenvalue weighted by atomic mass is 10.2. The summed E-state index contributed by atoms with van der Waals surface area (Å²) < 4.78 is 27.7. The lowest BCUT2D eigenvalue weighted by molar-refractivity contribution is 0.102. The van der Waals surface area contributed by atoms with E-state index >= 15 is 0 Å². The number of carbonyl (C=O) groups is 1. The van der Waals surface area contributed by atoms with Gasteiger partial charge in [0.15, 0.2) is 0 Å². The van der Waals surface area contributed by atoms with E-state index < -0.39 is 15.9 Å². The molecule has 6 nitrogen and oxygen atoms in total. The molecule has 29 heavy (non-hydrogen) atoms. The van der Waals surface area contributed by atoms with Crippen LogP contribution in [0.3, 0.4) is 0 Å². The van der Waals surface area contributed by atoms with Crippen molar-refractivity contribution in [3.63, 3.8) is 0 Å². The highest BCUT2D eigenvalue weighted by Gasteiger charge is 2.18. The third-order valence-electron chi connectivity index (χ3n) is 3.96. The molecule has 0 radical (unpaired) electrons. The number of aromatic hydroxyl groups is 1. The quantitative estimate of drug-likeness (QED) is 0.371. The molecular weight excluding hydrogens is 432 g/mol. The Morgan fingerprint density at radius 3 is 2.41 bits per heavy atom. The van der Waals surface area contributed by atoms with Crippen LogP contribution in [-0.4, -0.2) is 25.7 Å². The fourth-order valence-corrected chi connectivity index (χ4v) is 4.16. The first-order chi connectivity index (χ1) is 13.8. The van der Waals surface area contributed by atoms with E-state index in [1.165, 1.54) is 24.3 Å². The maximum absolute atomic E-state index is 12.7. The molecule has 0 fully saturated rings. The maximum Gasteiger partial charge on any atom is 0.261 e. The van der Waals surface area contributed by atoms with Crippen LogP contribution in [0.2, 0.25) is 5.02 Å². The second-order valence-corrected chi connectivity index (χ2v) is 8.98. The Hall–Kier alpha value is -2.68. The van der Waals surface area contributed by atoms with Crippen molar-refractivity contribution in [2.24, 2.45) is 0 Å². The second kappa shape index (κ2) is 8.77. The molecule has 0 aromatic heterocycles. The van der Waals surface area contributed by atoms with Crippen LogP contribution in [0.15, 0.2) is 76.5 Å². The molecular formula is C20H17ClN2O4S2. The van der Waals surface area contributed by atoms with Gasteiger partial charge in [0.25, 0.3) is 15.9 Å². The number of hydrogen-bond donors (Lipinski definition) is 3. The minimum atomic E-state index is -3.95. The van der Waals surface area contributed by atoms with Gasteiger partial charge in [-0.1, -0.05) is 17.7 Å². The van der Waals surface area contributed by atoms with Crippen LogP contribution in [0.5, 0.6) is 5.75 Å². The predicted molar refractivity (Wildman–Crippen MR) is 117 cm³/mol. The lowest BCUT2D eigenvalue weighted by Crippen LogP contribution is -2.15. The van der Waals surface area contributed by atoms with Gasteiger partial charge in [-0.15, -0.1) is 11.8 Å². The molecule has 0 aliphatic heterocycles. The van der Waals surface area contributed by atoms with Crippen molar-refractivity contribution in [3.8, 4) is 5.75 Å². The van der Waals surface area contributed by atoms with Crippen molar-refractivity contribution >= 4 is 50.7 Å². The highest BCUT2D eigenvalue weighted by molar-refractivity contribution is 7.98. The molecule has 3 aromatic rings. The minimum absolute atomic E-state index is 0.0158. The van der Waals surface area contributed by atoms with Crippen molar-refractivity contribution in [2.45, 2.75) is 9.79 Å². The van der Waals surface area contributed by atoms with Gasteiger partial charge in [0.1, 0.15) is 5.75 Å². The molecule has 0 aliphatic carbocycles. The summed E-state index contributed by atoms with van der Waals surface area (Å²) in [5.41, 5.74) is 0.662. The summed E-state index contributed by atoms with van der Waals surface area (Å²) in [7, 11) is -3.95. The third kappa shape index (κ3) is 5.23. The minimum Gasteiger partial charge on any atom is -0.506 e. The first-order valence-electron chi connectivity index (χ1n) is 8.35. The van der Waals surface area contributed by atoms with Crippen LogP contribution in [0, 0.1) is 0 Å². The predicted octanol–water partition coefficient (Wildman–Crippen LogP) is 4.82. The van der Waals surface area contributed by atoms with Gasteiger partial charge in [-0.25, -0.2) is 8.42 Å². The molecule has 0 bridgehead atoms. The van der Waals surface area contributed by atoms with Gasteiger partial charge in [-0.3, -0.25) is 9.52 Å². The van der Waals surface area contributed by atoms with Gasteiger partial charge in [-0.2, -0.15) is 0 Å². The van der Waals surface area contributed by atoms with Gasteiger partial charge in [0, 0.05) is 15.5 Å². The Morgan fingerprint density at radius 2 is 1.76 bits per heavy atom. The average Bonchev–Trinajstić information content (AvgIpc) is 2.69. The van der Waals surface area contributed by atoms with Crippen LogP contribution < -0.4 is 10.0 Å². The zero-order valence-corrected chi connectivity index (χ0v) is 17.6. The number of hydrogen-bond acceptors (Lipinski definition) is 5. The van der Waals surface area contributed by atoms with Gasteiger partial charge >= 0.3 is 0 Å². The highest BCUT2D eigenvalue weighted by Crippen LogP contribution is 2.28. The van der Waals surface area contributed by atoms with Gasteiger partial charge in [-0.05, 0) is 66.9 Å². The number of amides is 1. The van der Waals surface area contributed by atoms with Crippen LogP contribution in [-0.2, 0) is 10.0 Å². The summed E-state index contributed by atoms with van der Waals surface area (Å²) >= 11 is 7.43. The van der Waals surface area contributed by atoms with Gasteiger partial charge < -0.3 is 10.4 Å². The normalized spacial score (nSPS) is 11.1. The molecule has 0 saturated carbocycles. The maximum atomic E-state index is 12.7. The van der Waals surface area contributed by atoms with E-state index in [1.54, 1.807) is 54.2 Å². The van der Waals surface area contributed by atoms with E-state index in [9.17, 15) is 18.3 Å². The van der Waals surface area contributed by atoms with Crippen LogP contribution in [0.4, 0.5) is 11.4 Å². The van der Waals surface area contributed by atoms with E-state index in [1.807, 2.05) is 6.26 Å². The molecule has 1 amide bonds. The van der Waals surface area contributed by atoms with Gasteiger partial charge in [0.2, 0.25) is 0 Å². The SMILES string of the molecule is CSc1ccc(C(=O)Nc2cc(S(=O)(=O)Nc3cccc(Cl)c3)ccc2O)cc1. The number of sulfonamides is 1. The van der Waals surface area contributed by atoms with E-state index in [0.29, 0.717) is 16.3 Å². The summed E-state index contributed by atoms with van der Waals surface area (Å²) in [5, 5.41) is 13.0. The van der Waals surface area contributed by atoms with E-state index in [2.05, 4.69) is 10.0 Å². The van der Waals surface area contributed by atoms with Crippen molar-refractivity contribution in [1.29, 1.82) is 0 Å². The molecule has 0 aliphatic rings. The summed E-state index contributed by atoms with van der Waals surface area (Å²) in [6, 6.07) is 16.8. The smallest absolute Gasteiger partial charge is 0.261 e. The fraction of sp³-hybridized carbons (Fsp3) is 0.0500. The first kappa shape index (κ1) is 21.0. The Morgan fingerprint density at radius 1 is 1.03 bits per heavy atom. The van der Waals surface area contributed by atoms with Crippen molar-refractivity contribution < 1.29 is 18.3 Å². The molecule has 150 valence electrons. The molecule has 3 N–H and O–H groups in total. The molecule has 3 aromatic carbocycles. The number of halogens is 1. The summed E-state index contributed by atoms with van der Waals surface area (Å²) in [5.74, 6) is -0.717. The zero-order valence-electron chi connectivity index (χ0n) is 15.2.